The largest absolute Gasteiger partial charge is 0.300 e. The van der Waals surface area contributed by atoms with Crippen molar-refractivity contribution in [2.45, 2.75) is 38.6 Å². The number of hydrogen-bond acceptors (Lipinski definition) is 2. The van der Waals surface area contributed by atoms with Gasteiger partial charge >= 0.3 is 0 Å². The molecule has 0 bridgehead atoms. The number of rotatable bonds is 1. The predicted octanol–water partition coefficient (Wildman–Crippen LogP) is 2.53. The molecule has 0 N–H and O–H groups in total. The average molecular weight is 308 g/mol. The van der Waals surface area contributed by atoms with E-state index in [1.165, 1.54) is 51.9 Å². The van der Waals surface area contributed by atoms with E-state index < -0.39 is 0 Å². The van der Waals surface area contributed by atoms with Crippen molar-refractivity contribution in [2.75, 3.05) is 26.2 Å². The third-order valence-electron chi connectivity index (χ3n) is 3.74. The van der Waals surface area contributed by atoms with Gasteiger partial charge in [-0.3, -0.25) is 0 Å². The Hall–Kier alpha value is 0.650. The van der Waals surface area contributed by atoms with E-state index >= 15 is 0 Å². The second-order valence-corrected chi connectivity index (χ2v) is 6.22. The molecule has 2 aliphatic rings. The quantitative estimate of drug-likeness (QED) is 0.542. The van der Waals surface area contributed by atoms with E-state index in [0.29, 0.717) is 0 Å². The maximum atomic E-state index is 2.74. The molecule has 0 spiro atoms. The first-order valence-corrected chi connectivity index (χ1v) is 6.87. The van der Waals surface area contributed by atoms with Gasteiger partial charge in [0.05, 0.1) is 0 Å². The Bertz CT molecular complexity index is 150. The molecule has 0 radical (unpaired) electrons. The van der Waals surface area contributed by atoms with Crippen molar-refractivity contribution < 1.29 is 0 Å². The van der Waals surface area contributed by atoms with Crippen LogP contribution in [0.1, 0.15) is 32.6 Å². The summed E-state index contributed by atoms with van der Waals surface area (Å²) in [4.78, 5) is 2.74. The number of halogens is 1. The van der Waals surface area contributed by atoms with Crippen LogP contribution in [0, 0.1) is 5.92 Å². The number of likely N-dealkylation sites (tertiary alicyclic amines) is 1. The maximum Gasteiger partial charge on any atom is 0.0201 e. The summed E-state index contributed by atoms with van der Waals surface area (Å²) in [6.45, 7) is 7.68. The molecule has 2 heterocycles. The Morgan fingerprint density at radius 2 is 1.50 bits per heavy atom. The molecule has 0 saturated carbocycles. The molecule has 3 heteroatoms. The fourth-order valence-electron chi connectivity index (χ4n) is 2.59. The molecule has 0 unspecified atom stereocenters. The van der Waals surface area contributed by atoms with Crippen molar-refractivity contribution in [1.29, 1.82) is 0 Å². The highest BCUT2D eigenvalue weighted by Crippen LogP contribution is 2.24. The van der Waals surface area contributed by atoms with Crippen LogP contribution in [0.15, 0.2) is 0 Å². The van der Waals surface area contributed by atoms with Gasteiger partial charge in [0, 0.05) is 42.0 Å². The van der Waals surface area contributed by atoms with Crippen LogP contribution in [0.25, 0.3) is 0 Å². The zero-order valence-corrected chi connectivity index (χ0v) is 11.2. The zero-order valence-electron chi connectivity index (χ0n) is 9.08. The Kier molecular flexibility index (Phi) is 4.08. The van der Waals surface area contributed by atoms with Crippen LogP contribution in [-0.4, -0.2) is 40.2 Å². The first-order chi connectivity index (χ1) is 6.75. The normalized spacial score (nSPS) is 29.6. The van der Waals surface area contributed by atoms with E-state index in [4.69, 9.17) is 0 Å². The van der Waals surface area contributed by atoms with Gasteiger partial charge in [-0.2, -0.15) is 0 Å². The fourth-order valence-corrected chi connectivity index (χ4v) is 3.15. The molecule has 14 heavy (non-hydrogen) atoms. The topological polar surface area (TPSA) is 6.48 Å². The van der Waals surface area contributed by atoms with E-state index in [2.05, 4.69) is 37.8 Å². The smallest absolute Gasteiger partial charge is 0.0201 e. The molecular weight excluding hydrogens is 287 g/mol. The predicted molar refractivity (Wildman–Crippen MR) is 68.6 cm³/mol. The molecule has 0 aromatic heterocycles. The summed E-state index contributed by atoms with van der Waals surface area (Å²) in [5.41, 5.74) is 0. The van der Waals surface area contributed by atoms with Gasteiger partial charge in [0.2, 0.25) is 0 Å². The molecule has 2 rings (SSSR count). The SMILES string of the molecule is CC1CCN(C2CCN(I)CC2)CC1. The molecule has 0 aromatic carbocycles. The summed E-state index contributed by atoms with van der Waals surface area (Å²) in [5, 5.41) is 0. The molecule has 0 atom stereocenters. The van der Waals surface area contributed by atoms with E-state index in [-0.39, 0.29) is 0 Å². The molecule has 0 aromatic rings. The lowest BCUT2D eigenvalue weighted by Gasteiger charge is -2.40. The Balaban J connectivity index is 1.78. The standard InChI is InChI=1S/C11H21IN2/c1-10-2-6-13(7-3-10)11-4-8-14(12)9-5-11/h10-11H,2-9H2,1H3. The highest BCUT2D eigenvalue weighted by atomic mass is 127. The van der Waals surface area contributed by atoms with Gasteiger partial charge in [0.15, 0.2) is 0 Å². The van der Waals surface area contributed by atoms with Crippen molar-refractivity contribution >= 4 is 22.9 Å². The van der Waals surface area contributed by atoms with Crippen LogP contribution in [0.3, 0.4) is 0 Å². The molecular formula is C11H21IN2. The number of nitrogens with zero attached hydrogens (tertiary/aromatic N) is 2. The second-order valence-electron chi connectivity index (χ2n) is 4.86. The average Bonchev–Trinajstić information content (AvgIpc) is 2.21. The molecule has 0 aliphatic carbocycles. The summed E-state index contributed by atoms with van der Waals surface area (Å²) in [5.74, 6) is 0.968. The molecule has 2 nitrogen and oxygen atoms in total. The maximum absolute atomic E-state index is 2.74. The molecule has 2 saturated heterocycles. The van der Waals surface area contributed by atoms with E-state index in [1.807, 2.05) is 0 Å². The van der Waals surface area contributed by atoms with Gasteiger partial charge < -0.3 is 4.90 Å². The van der Waals surface area contributed by atoms with E-state index in [1.54, 1.807) is 0 Å². The lowest BCUT2D eigenvalue weighted by atomic mass is 9.95. The van der Waals surface area contributed by atoms with Gasteiger partial charge in [-0.25, -0.2) is 3.11 Å². The van der Waals surface area contributed by atoms with Gasteiger partial charge in [-0.05, 0) is 44.7 Å². The minimum atomic E-state index is 0.897. The fraction of sp³-hybridized carbons (Fsp3) is 1.00. The summed E-state index contributed by atoms with van der Waals surface area (Å²) in [6, 6.07) is 0.897. The van der Waals surface area contributed by atoms with Crippen LogP contribution in [0.5, 0.6) is 0 Å². The highest BCUT2D eigenvalue weighted by molar-refractivity contribution is 14.1. The van der Waals surface area contributed by atoms with E-state index in [0.717, 1.165) is 12.0 Å². The number of hydrogen-bond donors (Lipinski definition) is 0. The highest BCUT2D eigenvalue weighted by Gasteiger charge is 2.26. The first-order valence-electron chi connectivity index (χ1n) is 5.90. The van der Waals surface area contributed by atoms with Crippen LogP contribution < -0.4 is 0 Å². The lowest BCUT2D eigenvalue weighted by Crippen LogP contribution is -2.45. The van der Waals surface area contributed by atoms with Crippen molar-refractivity contribution in [1.82, 2.24) is 8.01 Å². The summed E-state index contributed by atoms with van der Waals surface area (Å²) < 4.78 is 2.43. The van der Waals surface area contributed by atoms with Crippen LogP contribution in [-0.2, 0) is 0 Å². The van der Waals surface area contributed by atoms with Crippen molar-refractivity contribution in [3.8, 4) is 0 Å². The van der Waals surface area contributed by atoms with Crippen molar-refractivity contribution in [3.05, 3.63) is 0 Å². The third kappa shape index (κ3) is 2.83. The first kappa shape index (κ1) is 11.1. The van der Waals surface area contributed by atoms with Gasteiger partial charge in [0.1, 0.15) is 0 Å². The summed E-state index contributed by atoms with van der Waals surface area (Å²) in [7, 11) is 0. The second kappa shape index (κ2) is 5.12. The minimum Gasteiger partial charge on any atom is -0.300 e. The minimum absolute atomic E-state index is 0.897. The van der Waals surface area contributed by atoms with Gasteiger partial charge in [-0.1, -0.05) is 6.92 Å². The summed E-state index contributed by atoms with van der Waals surface area (Å²) in [6.07, 6.45) is 5.61. The Labute approximate surface area is 102 Å². The Morgan fingerprint density at radius 1 is 0.929 bits per heavy atom. The van der Waals surface area contributed by atoms with Crippen LogP contribution in [0.2, 0.25) is 0 Å². The van der Waals surface area contributed by atoms with Gasteiger partial charge in [0.25, 0.3) is 0 Å². The molecule has 0 amide bonds. The third-order valence-corrected chi connectivity index (χ3v) is 4.71. The van der Waals surface area contributed by atoms with Crippen LogP contribution >= 0.6 is 22.9 Å². The van der Waals surface area contributed by atoms with E-state index in [9.17, 15) is 0 Å². The molecule has 2 fully saturated rings. The zero-order chi connectivity index (χ0) is 9.97. The van der Waals surface area contributed by atoms with Crippen molar-refractivity contribution in [2.24, 2.45) is 5.92 Å². The molecule has 82 valence electrons. The molecule has 2 aliphatic heterocycles. The lowest BCUT2D eigenvalue weighted by molar-refractivity contribution is 0.106. The number of piperidine rings is 2. The monoisotopic (exact) mass is 308 g/mol. The summed E-state index contributed by atoms with van der Waals surface area (Å²) >= 11 is 2.46. The Morgan fingerprint density at radius 3 is 2.07 bits per heavy atom. The van der Waals surface area contributed by atoms with Crippen LogP contribution in [0.4, 0.5) is 0 Å². The van der Waals surface area contributed by atoms with Gasteiger partial charge in [-0.15, -0.1) is 0 Å². The van der Waals surface area contributed by atoms with Crippen molar-refractivity contribution in [3.63, 3.8) is 0 Å².